The lowest BCUT2D eigenvalue weighted by Crippen LogP contribution is -2.13. The van der Waals surface area contributed by atoms with Gasteiger partial charge in [0.05, 0.1) is 16.8 Å². The first kappa shape index (κ1) is 15.9. The quantitative estimate of drug-likeness (QED) is 0.710. The third-order valence-electron chi connectivity index (χ3n) is 2.51. The summed E-state index contributed by atoms with van der Waals surface area (Å²) in [6, 6.07) is 5.83. The summed E-state index contributed by atoms with van der Waals surface area (Å²) in [7, 11) is 0. The number of anilines is 1. The van der Waals surface area contributed by atoms with Gasteiger partial charge in [0.15, 0.2) is 0 Å². The van der Waals surface area contributed by atoms with Gasteiger partial charge in [-0.25, -0.2) is 9.78 Å². The van der Waals surface area contributed by atoms with Crippen LogP contribution in [0.25, 0.3) is 0 Å². The Morgan fingerprint density at radius 1 is 1.24 bits per heavy atom. The van der Waals surface area contributed by atoms with Gasteiger partial charge in [-0.05, 0) is 56.1 Å². The van der Waals surface area contributed by atoms with Gasteiger partial charge in [0.2, 0.25) is 0 Å². The van der Waals surface area contributed by atoms with E-state index in [1.54, 1.807) is 6.07 Å². The Morgan fingerprint density at radius 3 is 2.57 bits per heavy atom. The van der Waals surface area contributed by atoms with Gasteiger partial charge in [0.25, 0.3) is 5.91 Å². The highest BCUT2D eigenvalue weighted by Gasteiger charge is 2.14. The van der Waals surface area contributed by atoms with Crippen molar-refractivity contribution >= 4 is 61.0 Å². The number of carbonyl (C=O) groups is 2. The Hall–Kier alpha value is -1.44. The summed E-state index contributed by atoms with van der Waals surface area (Å²) in [6.07, 6.45) is 1.48. The van der Waals surface area contributed by atoms with Crippen molar-refractivity contribution < 1.29 is 14.7 Å². The van der Waals surface area contributed by atoms with Gasteiger partial charge in [-0.15, -0.1) is 0 Å². The van der Waals surface area contributed by atoms with E-state index < -0.39 is 11.9 Å². The van der Waals surface area contributed by atoms with Gasteiger partial charge in [-0.2, -0.15) is 0 Å². The van der Waals surface area contributed by atoms with Crippen molar-refractivity contribution in [3.8, 4) is 0 Å². The molecule has 0 fully saturated rings. The highest BCUT2D eigenvalue weighted by molar-refractivity contribution is 9.10. The van der Waals surface area contributed by atoms with Gasteiger partial charge in [0, 0.05) is 15.1 Å². The average Bonchev–Trinajstić information content (AvgIpc) is 2.43. The van der Waals surface area contributed by atoms with E-state index in [9.17, 15) is 9.59 Å². The minimum Gasteiger partial charge on any atom is -0.478 e. The molecule has 0 unspecified atom stereocenters. The standard InChI is InChI=1S/C13H7Br2ClN2O3/c14-7-4-8(11(16)17-5-7)12(19)18-10-2-1-6(13(20)21)3-9(10)15/h1-5H,(H,18,19)(H,20,21). The summed E-state index contributed by atoms with van der Waals surface area (Å²) in [5.74, 6) is -1.50. The fraction of sp³-hybridized carbons (Fsp3) is 0. The Morgan fingerprint density at radius 2 is 1.95 bits per heavy atom. The van der Waals surface area contributed by atoms with Gasteiger partial charge < -0.3 is 10.4 Å². The predicted molar refractivity (Wildman–Crippen MR) is 86.0 cm³/mol. The highest BCUT2D eigenvalue weighted by Crippen LogP contribution is 2.25. The van der Waals surface area contributed by atoms with Crippen LogP contribution >= 0.6 is 43.5 Å². The maximum atomic E-state index is 12.2. The first-order valence-electron chi connectivity index (χ1n) is 5.53. The number of amides is 1. The molecule has 2 N–H and O–H groups in total. The number of pyridine rings is 1. The van der Waals surface area contributed by atoms with Crippen LogP contribution in [0.4, 0.5) is 5.69 Å². The number of hydrogen-bond acceptors (Lipinski definition) is 3. The highest BCUT2D eigenvalue weighted by atomic mass is 79.9. The van der Waals surface area contributed by atoms with E-state index >= 15 is 0 Å². The van der Waals surface area contributed by atoms with Crippen LogP contribution in [0.2, 0.25) is 5.15 Å². The maximum Gasteiger partial charge on any atom is 0.335 e. The van der Waals surface area contributed by atoms with Gasteiger partial charge in [-0.1, -0.05) is 11.6 Å². The number of nitrogens with one attached hydrogen (secondary N) is 1. The molecule has 1 amide bonds. The van der Waals surface area contributed by atoms with Crippen LogP contribution in [0.5, 0.6) is 0 Å². The normalized spacial score (nSPS) is 10.2. The minimum absolute atomic E-state index is 0.0778. The molecule has 1 aromatic heterocycles. The average molecular weight is 434 g/mol. The maximum absolute atomic E-state index is 12.2. The third kappa shape index (κ3) is 3.81. The number of carboxylic acid groups (broad SMARTS) is 1. The summed E-state index contributed by atoms with van der Waals surface area (Å²) in [6.45, 7) is 0. The molecule has 0 saturated carbocycles. The van der Waals surface area contributed by atoms with Crippen molar-refractivity contribution in [2.45, 2.75) is 0 Å². The molecule has 5 nitrogen and oxygen atoms in total. The second-order valence-corrected chi connectivity index (χ2v) is 6.07. The molecule has 0 spiro atoms. The van der Waals surface area contributed by atoms with E-state index in [0.29, 0.717) is 14.6 Å². The summed E-state index contributed by atoms with van der Waals surface area (Å²) < 4.78 is 1.08. The van der Waals surface area contributed by atoms with Crippen molar-refractivity contribution in [3.63, 3.8) is 0 Å². The monoisotopic (exact) mass is 432 g/mol. The molecule has 0 aliphatic heterocycles. The molecule has 0 atom stereocenters. The molecular formula is C13H7Br2ClN2O3. The number of halogens is 3. The Bertz CT molecular complexity index is 737. The summed E-state index contributed by atoms with van der Waals surface area (Å²) >= 11 is 12.3. The molecule has 108 valence electrons. The first-order chi connectivity index (χ1) is 9.88. The molecule has 2 aromatic rings. The zero-order valence-electron chi connectivity index (χ0n) is 10.2. The van der Waals surface area contributed by atoms with E-state index in [2.05, 4.69) is 42.2 Å². The van der Waals surface area contributed by atoms with Crippen molar-refractivity contribution in [2.24, 2.45) is 0 Å². The SMILES string of the molecule is O=C(O)c1ccc(NC(=O)c2cc(Br)cnc2Cl)c(Br)c1. The molecule has 0 bridgehead atoms. The smallest absolute Gasteiger partial charge is 0.335 e. The van der Waals surface area contributed by atoms with Gasteiger partial charge in [-0.3, -0.25) is 4.79 Å². The van der Waals surface area contributed by atoms with Crippen LogP contribution < -0.4 is 5.32 Å². The van der Waals surface area contributed by atoms with Crippen LogP contribution in [0, 0.1) is 0 Å². The van der Waals surface area contributed by atoms with Crippen molar-refractivity contribution in [1.29, 1.82) is 0 Å². The zero-order chi connectivity index (χ0) is 15.6. The van der Waals surface area contributed by atoms with Crippen LogP contribution in [0.3, 0.4) is 0 Å². The summed E-state index contributed by atoms with van der Waals surface area (Å²) in [4.78, 5) is 26.9. The van der Waals surface area contributed by atoms with Crippen LogP contribution in [0.1, 0.15) is 20.7 Å². The number of carbonyl (C=O) groups excluding carboxylic acids is 1. The zero-order valence-corrected chi connectivity index (χ0v) is 14.2. The molecule has 0 radical (unpaired) electrons. The lowest BCUT2D eigenvalue weighted by atomic mass is 10.2. The van der Waals surface area contributed by atoms with E-state index in [-0.39, 0.29) is 16.3 Å². The Labute approximate surface area is 141 Å². The summed E-state index contributed by atoms with van der Waals surface area (Å²) in [5.41, 5.74) is 0.753. The minimum atomic E-state index is -1.05. The Kier molecular flexibility index (Phi) is 4.97. The molecule has 1 aromatic carbocycles. The van der Waals surface area contributed by atoms with E-state index in [4.69, 9.17) is 16.7 Å². The molecule has 2 rings (SSSR count). The van der Waals surface area contributed by atoms with Crippen molar-refractivity contribution in [3.05, 3.63) is 55.7 Å². The second-order valence-electron chi connectivity index (χ2n) is 3.95. The fourth-order valence-electron chi connectivity index (χ4n) is 1.52. The van der Waals surface area contributed by atoms with E-state index in [1.807, 2.05) is 0 Å². The summed E-state index contributed by atoms with van der Waals surface area (Å²) in [5, 5.41) is 11.6. The van der Waals surface area contributed by atoms with E-state index in [0.717, 1.165) is 0 Å². The molecule has 0 saturated heterocycles. The lowest BCUT2D eigenvalue weighted by molar-refractivity contribution is 0.0696. The first-order valence-corrected chi connectivity index (χ1v) is 7.50. The predicted octanol–water partition coefficient (Wildman–Crippen LogP) is 4.21. The fourth-order valence-corrected chi connectivity index (χ4v) is 2.52. The molecule has 21 heavy (non-hydrogen) atoms. The number of aromatic nitrogens is 1. The Balaban J connectivity index is 2.27. The number of carboxylic acids is 1. The van der Waals surface area contributed by atoms with Crippen molar-refractivity contribution in [2.75, 3.05) is 5.32 Å². The second kappa shape index (κ2) is 6.55. The number of benzene rings is 1. The van der Waals surface area contributed by atoms with Crippen LogP contribution in [-0.2, 0) is 0 Å². The number of rotatable bonds is 3. The lowest BCUT2D eigenvalue weighted by Gasteiger charge is -2.09. The van der Waals surface area contributed by atoms with Crippen LogP contribution in [0.15, 0.2) is 39.4 Å². The molecule has 0 aliphatic carbocycles. The third-order valence-corrected chi connectivity index (χ3v) is 3.91. The topological polar surface area (TPSA) is 79.3 Å². The molecule has 8 heteroatoms. The van der Waals surface area contributed by atoms with E-state index in [1.165, 1.54) is 24.4 Å². The largest absolute Gasteiger partial charge is 0.478 e. The molecular weight excluding hydrogens is 427 g/mol. The molecule has 0 aliphatic rings. The van der Waals surface area contributed by atoms with Gasteiger partial charge in [0.1, 0.15) is 5.15 Å². The number of nitrogens with zero attached hydrogens (tertiary/aromatic N) is 1. The number of hydrogen-bond donors (Lipinski definition) is 2. The van der Waals surface area contributed by atoms with Crippen molar-refractivity contribution in [1.82, 2.24) is 4.98 Å². The molecule has 1 heterocycles. The van der Waals surface area contributed by atoms with Gasteiger partial charge >= 0.3 is 5.97 Å². The van der Waals surface area contributed by atoms with Crippen LogP contribution in [-0.4, -0.2) is 22.0 Å². The number of aromatic carboxylic acids is 1.